The molecule has 1 aliphatic heterocycles. The molecule has 5 heteroatoms. The second-order valence-electron chi connectivity index (χ2n) is 5.79. The number of nitrogens with one attached hydrogen (secondary N) is 1. The third-order valence-electron chi connectivity index (χ3n) is 4.01. The van der Waals surface area contributed by atoms with Gasteiger partial charge in [-0.15, -0.1) is 0 Å². The lowest BCUT2D eigenvalue weighted by molar-refractivity contribution is 0.203. The maximum Gasteiger partial charge on any atom is 0.169 e. The van der Waals surface area contributed by atoms with Crippen LogP contribution in [-0.2, 0) is 11.3 Å². The van der Waals surface area contributed by atoms with Crippen LogP contribution in [0.4, 0.5) is 5.69 Å². The van der Waals surface area contributed by atoms with Gasteiger partial charge >= 0.3 is 0 Å². The van der Waals surface area contributed by atoms with Crippen molar-refractivity contribution in [1.29, 1.82) is 0 Å². The third-order valence-corrected chi connectivity index (χ3v) is 4.46. The Labute approximate surface area is 139 Å². The predicted octanol–water partition coefficient (Wildman–Crippen LogP) is 2.63. The summed E-state index contributed by atoms with van der Waals surface area (Å²) >= 11 is 5.37. The highest BCUT2D eigenvalue weighted by atomic mass is 32.1. The van der Waals surface area contributed by atoms with Gasteiger partial charge in [0.1, 0.15) is 0 Å². The number of rotatable bonds is 6. The minimum Gasteiger partial charge on any atom is -0.383 e. The first-order valence-electron chi connectivity index (χ1n) is 8.02. The van der Waals surface area contributed by atoms with Crippen LogP contribution in [0.3, 0.4) is 0 Å². The van der Waals surface area contributed by atoms with Crippen LogP contribution in [-0.4, -0.2) is 50.4 Å². The van der Waals surface area contributed by atoms with Crippen molar-refractivity contribution < 1.29 is 4.74 Å². The molecule has 0 bridgehead atoms. The SMILES string of the molecule is COCCNC(=S)N(C)Cc1ccc(N2CCCCC2)cc1. The number of nitrogens with zero attached hydrogens (tertiary/aromatic N) is 2. The fourth-order valence-corrected chi connectivity index (χ4v) is 2.87. The summed E-state index contributed by atoms with van der Waals surface area (Å²) in [6, 6.07) is 8.88. The van der Waals surface area contributed by atoms with Crippen LogP contribution < -0.4 is 10.2 Å². The molecule has 1 saturated heterocycles. The molecule has 0 radical (unpaired) electrons. The molecule has 1 fully saturated rings. The summed E-state index contributed by atoms with van der Waals surface area (Å²) in [6.07, 6.45) is 3.99. The van der Waals surface area contributed by atoms with Crippen LogP contribution in [0.5, 0.6) is 0 Å². The minimum atomic E-state index is 0.665. The summed E-state index contributed by atoms with van der Waals surface area (Å²) in [4.78, 5) is 4.54. The molecule has 4 nitrogen and oxygen atoms in total. The average molecular weight is 321 g/mol. The van der Waals surface area contributed by atoms with Crippen molar-refractivity contribution in [2.75, 3.05) is 45.3 Å². The normalized spacial score (nSPS) is 14.7. The van der Waals surface area contributed by atoms with Crippen molar-refractivity contribution in [3.8, 4) is 0 Å². The fraction of sp³-hybridized carbons (Fsp3) is 0.588. The smallest absolute Gasteiger partial charge is 0.169 e. The first kappa shape index (κ1) is 17.0. The van der Waals surface area contributed by atoms with Gasteiger partial charge in [-0.25, -0.2) is 0 Å². The summed E-state index contributed by atoms with van der Waals surface area (Å²) in [5.74, 6) is 0. The Hall–Kier alpha value is -1.33. The summed E-state index contributed by atoms with van der Waals surface area (Å²) in [7, 11) is 3.71. The highest BCUT2D eigenvalue weighted by molar-refractivity contribution is 7.80. The highest BCUT2D eigenvalue weighted by Crippen LogP contribution is 2.20. The molecule has 0 unspecified atom stereocenters. The molecule has 0 aliphatic carbocycles. The van der Waals surface area contributed by atoms with Gasteiger partial charge in [-0.1, -0.05) is 12.1 Å². The Bertz CT molecular complexity index is 457. The van der Waals surface area contributed by atoms with E-state index >= 15 is 0 Å². The number of hydrogen-bond acceptors (Lipinski definition) is 3. The molecule has 0 amide bonds. The quantitative estimate of drug-likeness (QED) is 0.642. The zero-order chi connectivity index (χ0) is 15.8. The van der Waals surface area contributed by atoms with E-state index < -0.39 is 0 Å². The van der Waals surface area contributed by atoms with E-state index in [0.29, 0.717) is 6.61 Å². The van der Waals surface area contributed by atoms with Crippen LogP contribution >= 0.6 is 12.2 Å². The average Bonchev–Trinajstić information content (AvgIpc) is 2.56. The van der Waals surface area contributed by atoms with Crippen LogP contribution in [0.2, 0.25) is 0 Å². The van der Waals surface area contributed by atoms with E-state index in [2.05, 4.69) is 39.4 Å². The summed E-state index contributed by atoms with van der Waals surface area (Å²) in [6.45, 7) is 4.60. The molecular weight excluding hydrogens is 294 g/mol. The van der Waals surface area contributed by atoms with Crippen LogP contribution in [0, 0.1) is 0 Å². The third kappa shape index (κ3) is 5.14. The van der Waals surface area contributed by atoms with E-state index in [9.17, 15) is 0 Å². The molecule has 22 heavy (non-hydrogen) atoms. The van der Waals surface area contributed by atoms with Gasteiger partial charge < -0.3 is 19.9 Å². The monoisotopic (exact) mass is 321 g/mol. The van der Waals surface area contributed by atoms with E-state index in [-0.39, 0.29) is 0 Å². The maximum atomic E-state index is 5.37. The zero-order valence-electron chi connectivity index (χ0n) is 13.7. The molecule has 1 N–H and O–H groups in total. The van der Waals surface area contributed by atoms with Gasteiger partial charge in [0.15, 0.2) is 5.11 Å². The lowest BCUT2D eigenvalue weighted by Gasteiger charge is -2.29. The summed E-state index contributed by atoms with van der Waals surface area (Å²) in [5.41, 5.74) is 2.62. The second-order valence-corrected chi connectivity index (χ2v) is 6.18. The van der Waals surface area contributed by atoms with E-state index in [4.69, 9.17) is 17.0 Å². The predicted molar refractivity (Wildman–Crippen MR) is 96.4 cm³/mol. The van der Waals surface area contributed by atoms with Crippen molar-refractivity contribution in [2.45, 2.75) is 25.8 Å². The Kier molecular flexibility index (Phi) is 6.93. The van der Waals surface area contributed by atoms with Crippen molar-refractivity contribution >= 4 is 23.0 Å². The van der Waals surface area contributed by atoms with Crippen molar-refractivity contribution in [3.05, 3.63) is 29.8 Å². The van der Waals surface area contributed by atoms with E-state index in [1.165, 1.54) is 43.6 Å². The van der Waals surface area contributed by atoms with Crippen molar-refractivity contribution in [2.24, 2.45) is 0 Å². The van der Waals surface area contributed by atoms with E-state index in [0.717, 1.165) is 18.2 Å². The summed E-state index contributed by atoms with van der Waals surface area (Å²) < 4.78 is 5.02. The molecule has 0 aromatic heterocycles. The van der Waals surface area contributed by atoms with Crippen molar-refractivity contribution in [1.82, 2.24) is 10.2 Å². The Morgan fingerprint density at radius 3 is 2.55 bits per heavy atom. The molecule has 1 aliphatic rings. The molecular formula is C17H27N3OS. The number of benzene rings is 1. The van der Waals surface area contributed by atoms with E-state index in [1.54, 1.807) is 7.11 Å². The van der Waals surface area contributed by atoms with Gasteiger partial charge in [-0.3, -0.25) is 0 Å². The highest BCUT2D eigenvalue weighted by Gasteiger charge is 2.11. The largest absolute Gasteiger partial charge is 0.383 e. The molecule has 1 aromatic rings. The van der Waals surface area contributed by atoms with Crippen LogP contribution in [0.1, 0.15) is 24.8 Å². The lowest BCUT2D eigenvalue weighted by Crippen LogP contribution is -2.38. The minimum absolute atomic E-state index is 0.665. The number of methoxy groups -OCH3 is 1. The van der Waals surface area contributed by atoms with Crippen molar-refractivity contribution in [3.63, 3.8) is 0 Å². The lowest BCUT2D eigenvalue weighted by atomic mass is 10.1. The molecule has 0 saturated carbocycles. The Morgan fingerprint density at radius 2 is 1.91 bits per heavy atom. The first-order valence-corrected chi connectivity index (χ1v) is 8.43. The molecule has 122 valence electrons. The molecule has 2 rings (SSSR count). The van der Waals surface area contributed by atoms with Gasteiger partial charge in [-0.2, -0.15) is 0 Å². The maximum absolute atomic E-state index is 5.37. The second kappa shape index (κ2) is 8.96. The summed E-state index contributed by atoms with van der Waals surface area (Å²) in [5, 5.41) is 3.95. The van der Waals surface area contributed by atoms with Gasteiger partial charge in [0.25, 0.3) is 0 Å². The fourth-order valence-electron chi connectivity index (χ4n) is 2.70. The zero-order valence-corrected chi connectivity index (χ0v) is 14.5. The molecule has 0 spiro atoms. The molecule has 1 heterocycles. The van der Waals surface area contributed by atoms with Gasteiger partial charge in [0.2, 0.25) is 0 Å². The topological polar surface area (TPSA) is 27.7 Å². The van der Waals surface area contributed by atoms with E-state index in [1.807, 2.05) is 7.05 Å². The van der Waals surface area contributed by atoms with Gasteiger partial charge in [0.05, 0.1) is 6.61 Å². The van der Waals surface area contributed by atoms with Crippen LogP contribution in [0.25, 0.3) is 0 Å². The first-order chi connectivity index (χ1) is 10.7. The van der Waals surface area contributed by atoms with Gasteiger partial charge in [0, 0.05) is 46.0 Å². The number of anilines is 1. The number of piperidine rings is 1. The number of thiocarbonyl (C=S) groups is 1. The Morgan fingerprint density at radius 1 is 1.23 bits per heavy atom. The standard InChI is InChI=1S/C17H27N3OS/c1-19(17(22)18-10-13-21-2)14-15-6-8-16(9-7-15)20-11-4-3-5-12-20/h6-9H,3-5,10-14H2,1-2H3,(H,18,22). The van der Waals surface area contributed by atoms with Gasteiger partial charge in [-0.05, 0) is 49.2 Å². The molecule has 0 atom stereocenters. The Balaban J connectivity index is 1.83. The van der Waals surface area contributed by atoms with Crippen LogP contribution in [0.15, 0.2) is 24.3 Å². The molecule has 1 aromatic carbocycles. The number of hydrogen-bond donors (Lipinski definition) is 1. The number of ether oxygens (including phenoxy) is 1.